The molecule has 0 bridgehead atoms. The van der Waals surface area contributed by atoms with Crippen molar-refractivity contribution in [1.29, 1.82) is 0 Å². The number of aromatic amines is 1. The van der Waals surface area contributed by atoms with Gasteiger partial charge in [0.15, 0.2) is 0 Å². The van der Waals surface area contributed by atoms with Crippen molar-refractivity contribution in [3.05, 3.63) is 25.4 Å². The van der Waals surface area contributed by atoms with Gasteiger partial charge in [-0.25, -0.2) is 4.98 Å². The summed E-state index contributed by atoms with van der Waals surface area (Å²) < 4.78 is 6.44. The first-order valence-corrected chi connectivity index (χ1v) is 7.53. The minimum Gasteiger partial charge on any atom is -0.370 e. The van der Waals surface area contributed by atoms with E-state index in [2.05, 4.69) is 46.4 Å². The van der Waals surface area contributed by atoms with Crippen LogP contribution in [0.15, 0.2) is 4.79 Å². The molecule has 1 aromatic rings. The molecular weight excluding hydrogens is 343 g/mol. The van der Waals surface area contributed by atoms with Crippen molar-refractivity contribution in [2.75, 3.05) is 6.61 Å². The Labute approximate surface area is 121 Å². The smallest absolute Gasteiger partial charge is 0.264 e. The van der Waals surface area contributed by atoms with Crippen LogP contribution in [0.2, 0.25) is 0 Å². The van der Waals surface area contributed by atoms with Crippen LogP contribution in [0.5, 0.6) is 0 Å². The molecule has 0 aromatic carbocycles. The van der Waals surface area contributed by atoms with Gasteiger partial charge in [0.25, 0.3) is 5.56 Å². The molecule has 2 rings (SSSR count). The van der Waals surface area contributed by atoms with E-state index in [1.54, 1.807) is 0 Å². The molecule has 1 aromatic heterocycles. The molecule has 0 aliphatic heterocycles. The van der Waals surface area contributed by atoms with E-state index in [0.29, 0.717) is 21.9 Å². The maximum atomic E-state index is 12.0. The summed E-state index contributed by atoms with van der Waals surface area (Å²) in [5.74, 6) is 1.47. The van der Waals surface area contributed by atoms with E-state index in [1.165, 1.54) is 0 Å². The van der Waals surface area contributed by atoms with Gasteiger partial charge in [0.1, 0.15) is 11.9 Å². The van der Waals surface area contributed by atoms with Crippen LogP contribution in [-0.2, 0) is 4.74 Å². The van der Waals surface area contributed by atoms with Gasteiger partial charge in [-0.05, 0) is 54.2 Å². The molecule has 100 valence electrons. The summed E-state index contributed by atoms with van der Waals surface area (Å²) in [6, 6.07) is 0. The normalized spacial score (nSPS) is 17.2. The Hall–Kier alpha value is -0.430. The Kier molecular flexibility index (Phi) is 4.42. The van der Waals surface area contributed by atoms with Gasteiger partial charge >= 0.3 is 0 Å². The Bertz CT molecular complexity index is 480. The highest BCUT2D eigenvalue weighted by Gasteiger charge is 2.35. The van der Waals surface area contributed by atoms with Crippen LogP contribution >= 0.6 is 22.6 Å². The molecule has 5 heteroatoms. The molecule has 0 spiro atoms. The topological polar surface area (TPSA) is 55.0 Å². The molecule has 0 amide bonds. The second-order valence-corrected chi connectivity index (χ2v) is 6.10. The first-order valence-electron chi connectivity index (χ1n) is 6.45. The van der Waals surface area contributed by atoms with Gasteiger partial charge in [-0.2, -0.15) is 0 Å². The monoisotopic (exact) mass is 362 g/mol. The van der Waals surface area contributed by atoms with Crippen molar-refractivity contribution in [1.82, 2.24) is 9.97 Å². The van der Waals surface area contributed by atoms with Crippen molar-refractivity contribution in [3.8, 4) is 0 Å². The van der Waals surface area contributed by atoms with E-state index in [1.807, 2.05) is 6.92 Å². The molecule has 1 aliphatic rings. The molecule has 1 unspecified atom stereocenters. The summed E-state index contributed by atoms with van der Waals surface area (Å²) in [6.45, 7) is 6.73. The fraction of sp³-hybridized carbons (Fsp3) is 0.692. The van der Waals surface area contributed by atoms with Crippen LogP contribution in [-0.4, -0.2) is 16.6 Å². The zero-order chi connectivity index (χ0) is 13.3. The number of hydrogen-bond acceptors (Lipinski definition) is 3. The number of ether oxygens (including phenoxy) is 1. The molecule has 0 saturated heterocycles. The molecule has 18 heavy (non-hydrogen) atoms. The van der Waals surface area contributed by atoms with E-state index >= 15 is 0 Å². The lowest BCUT2D eigenvalue weighted by molar-refractivity contribution is 0.0396. The number of H-pyrrole nitrogens is 1. The third-order valence-corrected chi connectivity index (χ3v) is 4.16. The van der Waals surface area contributed by atoms with Gasteiger partial charge in [0.05, 0.1) is 9.26 Å². The molecular formula is C13H19IN2O2. The summed E-state index contributed by atoms with van der Waals surface area (Å²) in [5, 5.41) is 0. The highest BCUT2D eigenvalue weighted by atomic mass is 127. The Morgan fingerprint density at radius 1 is 1.50 bits per heavy atom. The highest BCUT2D eigenvalue weighted by Crippen LogP contribution is 2.42. The summed E-state index contributed by atoms with van der Waals surface area (Å²) in [6.07, 6.45) is 2.28. The first kappa shape index (κ1) is 14.0. The Morgan fingerprint density at radius 2 is 2.17 bits per heavy atom. The Morgan fingerprint density at radius 3 is 2.67 bits per heavy atom. The molecule has 1 aliphatic carbocycles. The average molecular weight is 362 g/mol. The Balaban J connectivity index is 2.40. The van der Waals surface area contributed by atoms with Crippen LogP contribution in [0.1, 0.15) is 57.2 Å². The third kappa shape index (κ3) is 2.93. The lowest BCUT2D eigenvalue weighted by atomic mass is 10.1. The third-order valence-electron chi connectivity index (χ3n) is 3.12. The first-order chi connectivity index (χ1) is 8.54. The van der Waals surface area contributed by atoms with Crippen molar-refractivity contribution >= 4 is 22.6 Å². The largest absolute Gasteiger partial charge is 0.370 e. The van der Waals surface area contributed by atoms with Gasteiger partial charge in [-0.1, -0.05) is 13.8 Å². The number of nitrogens with one attached hydrogen (secondary N) is 1. The SMILES string of the molecule is CCOC(c1nc(C(C)C)c(I)c(=O)[nH]1)C1CC1. The van der Waals surface area contributed by atoms with Gasteiger partial charge in [-0.15, -0.1) is 0 Å². The predicted octanol–water partition coefficient (Wildman–Crippen LogP) is 2.99. The van der Waals surface area contributed by atoms with Gasteiger partial charge < -0.3 is 9.72 Å². The molecule has 4 nitrogen and oxygen atoms in total. The predicted molar refractivity (Wildman–Crippen MR) is 78.8 cm³/mol. The summed E-state index contributed by atoms with van der Waals surface area (Å²) in [7, 11) is 0. The minimum absolute atomic E-state index is 0.0443. The van der Waals surface area contributed by atoms with Crippen molar-refractivity contribution in [2.24, 2.45) is 5.92 Å². The summed E-state index contributed by atoms with van der Waals surface area (Å²) in [4.78, 5) is 19.5. The lowest BCUT2D eigenvalue weighted by Crippen LogP contribution is -2.22. The van der Waals surface area contributed by atoms with Crippen LogP contribution in [0.3, 0.4) is 0 Å². The fourth-order valence-electron chi connectivity index (χ4n) is 2.03. The second-order valence-electron chi connectivity index (χ2n) is 5.02. The minimum atomic E-state index is -0.0466. The summed E-state index contributed by atoms with van der Waals surface area (Å²) in [5.41, 5.74) is 0.828. The van der Waals surface area contributed by atoms with Crippen LogP contribution < -0.4 is 5.56 Å². The molecule has 0 radical (unpaired) electrons. The fourth-order valence-corrected chi connectivity index (χ4v) is 2.91. The van der Waals surface area contributed by atoms with E-state index in [4.69, 9.17) is 4.74 Å². The zero-order valence-corrected chi connectivity index (χ0v) is 13.2. The quantitative estimate of drug-likeness (QED) is 0.820. The molecule has 1 atom stereocenters. The van der Waals surface area contributed by atoms with Crippen LogP contribution in [0.25, 0.3) is 0 Å². The van der Waals surface area contributed by atoms with Crippen molar-refractivity contribution < 1.29 is 4.74 Å². The van der Waals surface area contributed by atoms with Crippen molar-refractivity contribution in [2.45, 2.75) is 45.6 Å². The summed E-state index contributed by atoms with van der Waals surface area (Å²) >= 11 is 2.07. The van der Waals surface area contributed by atoms with E-state index in [0.717, 1.165) is 18.5 Å². The lowest BCUT2D eigenvalue weighted by Gasteiger charge is -2.17. The number of halogens is 1. The van der Waals surface area contributed by atoms with E-state index in [-0.39, 0.29) is 17.6 Å². The second kappa shape index (κ2) is 5.69. The average Bonchev–Trinajstić information content (AvgIpc) is 3.13. The van der Waals surface area contributed by atoms with Crippen LogP contribution in [0.4, 0.5) is 0 Å². The molecule has 1 saturated carbocycles. The number of aromatic nitrogens is 2. The highest BCUT2D eigenvalue weighted by molar-refractivity contribution is 14.1. The molecule has 1 heterocycles. The standard InChI is InChI=1S/C13H19IN2O2/c1-4-18-11(8-5-6-8)12-15-10(7(2)3)9(14)13(17)16-12/h7-8,11H,4-6H2,1-3H3,(H,15,16,17). The van der Waals surface area contributed by atoms with E-state index < -0.39 is 0 Å². The number of hydrogen-bond donors (Lipinski definition) is 1. The maximum Gasteiger partial charge on any atom is 0.264 e. The number of rotatable bonds is 5. The van der Waals surface area contributed by atoms with Gasteiger partial charge in [0.2, 0.25) is 0 Å². The van der Waals surface area contributed by atoms with Gasteiger partial charge in [-0.3, -0.25) is 4.79 Å². The van der Waals surface area contributed by atoms with Gasteiger partial charge in [0, 0.05) is 6.61 Å². The maximum absolute atomic E-state index is 12.0. The number of nitrogens with zero attached hydrogens (tertiary/aromatic N) is 1. The van der Waals surface area contributed by atoms with E-state index in [9.17, 15) is 4.79 Å². The molecule has 1 fully saturated rings. The van der Waals surface area contributed by atoms with Crippen LogP contribution in [0, 0.1) is 9.49 Å². The zero-order valence-electron chi connectivity index (χ0n) is 11.0. The van der Waals surface area contributed by atoms with Crippen molar-refractivity contribution in [3.63, 3.8) is 0 Å². The molecule has 1 N–H and O–H groups in total.